The van der Waals surface area contributed by atoms with Gasteiger partial charge in [0.15, 0.2) is 0 Å². The minimum atomic E-state index is -0.323. The quantitative estimate of drug-likeness (QED) is 0.938. The van der Waals surface area contributed by atoms with Gasteiger partial charge in [-0.1, -0.05) is 23.2 Å². The topological polar surface area (TPSA) is 43.8 Å². The predicted molar refractivity (Wildman–Crippen MR) is 73.0 cm³/mol. The molecule has 6 heteroatoms. The van der Waals surface area contributed by atoms with Crippen LogP contribution in [0, 0.1) is 6.92 Å². The van der Waals surface area contributed by atoms with Crippen molar-refractivity contribution in [2.24, 2.45) is 5.73 Å². The predicted octanol–water partition coefficient (Wildman–Crippen LogP) is 3.63. The van der Waals surface area contributed by atoms with Crippen LogP contribution < -0.4 is 5.73 Å². The van der Waals surface area contributed by atoms with Gasteiger partial charge in [0.05, 0.1) is 28.0 Å². The van der Waals surface area contributed by atoms with Crippen LogP contribution in [-0.2, 0) is 6.54 Å². The first-order valence-corrected chi connectivity index (χ1v) is 6.90. The molecule has 2 aromatic rings. The summed E-state index contributed by atoms with van der Waals surface area (Å²) < 4.78 is 1.80. The van der Waals surface area contributed by atoms with Crippen LogP contribution in [0.5, 0.6) is 0 Å². The Morgan fingerprint density at radius 1 is 1.53 bits per heavy atom. The van der Waals surface area contributed by atoms with Crippen LogP contribution in [-0.4, -0.2) is 9.78 Å². The molecule has 0 aliphatic carbocycles. The van der Waals surface area contributed by atoms with Crippen LogP contribution in [0.25, 0.3) is 0 Å². The standard InChI is InChI=1S/C11H13Cl2N3S/c1-3-16-10(7(12)4-15-16)9(14)11-8(13)6(2)5-17-11/h4-5,9H,3,14H2,1-2H3. The number of aryl methyl sites for hydroxylation is 2. The van der Waals surface area contributed by atoms with E-state index in [1.807, 2.05) is 19.2 Å². The van der Waals surface area contributed by atoms with Gasteiger partial charge in [0.25, 0.3) is 0 Å². The third-order valence-corrected chi connectivity index (χ3v) is 4.72. The second-order valence-electron chi connectivity index (χ2n) is 3.77. The zero-order valence-electron chi connectivity index (χ0n) is 9.58. The molecule has 2 aromatic heterocycles. The van der Waals surface area contributed by atoms with E-state index in [2.05, 4.69) is 5.10 Å². The maximum absolute atomic E-state index is 6.23. The summed E-state index contributed by atoms with van der Waals surface area (Å²) in [6.07, 6.45) is 1.62. The van der Waals surface area contributed by atoms with Gasteiger partial charge < -0.3 is 5.73 Å². The Labute approximate surface area is 114 Å². The highest BCUT2D eigenvalue weighted by Gasteiger charge is 2.22. The second kappa shape index (κ2) is 4.98. The fourth-order valence-corrected chi connectivity index (χ4v) is 3.29. The largest absolute Gasteiger partial charge is 0.318 e. The number of nitrogens with two attached hydrogens (primary N) is 1. The SMILES string of the molecule is CCn1ncc(Cl)c1C(N)c1scc(C)c1Cl. The molecule has 0 spiro atoms. The van der Waals surface area contributed by atoms with E-state index in [1.54, 1.807) is 22.2 Å². The molecular formula is C11H13Cl2N3S. The fourth-order valence-electron chi connectivity index (χ4n) is 1.72. The van der Waals surface area contributed by atoms with Crippen LogP contribution in [0.15, 0.2) is 11.6 Å². The Balaban J connectivity index is 2.46. The van der Waals surface area contributed by atoms with Crippen molar-refractivity contribution in [3.05, 3.63) is 37.8 Å². The molecule has 0 fully saturated rings. The molecule has 0 amide bonds. The lowest BCUT2D eigenvalue weighted by atomic mass is 10.1. The molecule has 0 radical (unpaired) electrons. The van der Waals surface area contributed by atoms with Crippen molar-refractivity contribution in [1.29, 1.82) is 0 Å². The van der Waals surface area contributed by atoms with E-state index in [0.29, 0.717) is 5.02 Å². The van der Waals surface area contributed by atoms with Crippen LogP contribution in [0.4, 0.5) is 0 Å². The first-order chi connectivity index (χ1) is 8.06. The Kier molecular flexibility index (Phi) is 3.78. The normalized spacial score (nSPS) is 13.0. The van der Waals surface area contributed by atoms with Gasteiger partial charge in [-0.2, -0.15) is 5.10 Å². The van der Waals surface area contributed by atoms with E-state index in [-0.39, 0.29) is 6.04 Å². The molecule has 0 aliphatic heterocycles. The van der Waals surface area contributed by atoms with Crippen molar-refractivity contribution in [3.63, 3.8) is 0 Å². The van der Waals surface area contributed by atoms with Crippen molar-refractivity contribution in [2.75, 3.05) is 0 Å². The highest BCUT2D eigenvalue weighted by Crippen LogP contribution is 2.36. The van der Waals surface area contributed by atoms with Crippen molar-refractivity contribution in [3.8, 4) is 0 Å². The van der Waals surface area contributed by atoms with Gasteiger partial charge in [0.1, 0.15) is 0 Å². The molecule has 3 nitrogen and oxygen atoms in total. The van der Waals surface area contributed by atoms with Crippen molar-refractivity contribution < 1.29 is 0 Å². The molecule has 92 valence electrons. The molecule has 2 N–H and O–H groups in total. The lowest BCUT2D eigenvalue weighted by Gasteiger charge is -2.13. The minimum absolute atomic E-state index is 0.323. The van der Waals surface area contributed by atoms with Crippen molar-refractivity contribution in [2.45, 2.75) is 26.4 Å². The maximum Gasteiger partial charge on any atom is 0.0847 e. The Morgan fingerprint density at radius 3 is 2.76 bits per heavy atom. The molecule has 17 heavy (non-hydrogen) atoms. The Bertz CT molecular complexity index is 533. The van der Waals surface area contributed by atoms with E-state index < -0.39 is 0 Å². The van der Waals surface area contributed by atoms with E-state index >= 15 is 0 Å². The van der Waals surface area contributed by atoms with Gasteiger partial charge in [-0.15, -0.1) is 11.3 Å². The van der Waals surface area contributed by atoms with Gasteiger partial charge in [0, 0.05) is 11.4 Å². The Hall–Kier alpha value is -0.550. The second-order valence-corrected chi connectivity index (χ2v) is 5.46. The molecule has 1 atom stereocenters. The minimum Gasteiger partial charge on any atom is -0.318 e. The smallest absolute Gasteiger partial charge is 0.0847 e. The monoisotopic (exact) mass is 289 g/mol. The number of thiophene rings is 1. The molecule has 2 heterocycles. The molecule has 1 unspecified atom stereocenters. The highest BCUT2D eigenvalue weighted by atomic mass is 35.5. The summed E-state index contributed by atoms with van der Waals surface area (Å²) in [7, 11) is 0. The van der Waals surface area contributed by atoms with Crippen LogP contribution in [0.3, 0.4) is 0 Å². The van der Waals surface area contributed by atoms with Gasteiger partial charge in [-0.3, -0.25) is 4.68 Å². The zero-order chi connectivity index (χ0) is 12.6. The average molecular weight is 290 g/mol. The number of hydrogen-bond donors (Lipinski definition) is 1. The summed E-state index contributed by atoms with van der Waals surface area (Å²) in [6.45, 7) is 4.70. The molecule has 0 saturated heterocycles. The summed E-state index contributed by atoms with van der Waals surface area (Å²) in [5.41, 5.74) is 8.09. The summed E-state index contributed by atoms with van der Waals surface area (Å²) in [4.78, 5) is 0.932. The van der Waals surface area contributed by atoms with Crippen LogP contribution >= 0.6 is 34.5 Å². The highest BCUT2D eigenvalue weighted by molar-refractivity contribution is 7.10. The fraction of sp³-hybridized carbons (Fsp3) is 0.364. The number of rotatable bonds is 3. The van der Waals surface area contributed by atoms with Crippen molar-refractivity contribution >= 4 is 34.5 Å². The summed E-state index contributed by atoms with van der Waals surface area (Å²) in [6, 6.07) is -0.323. The molecule has 0 aromatic carbocycles. The number of hydrogen-bond acceptors (Lipinski definition) is 3. The third-order valence-electron chi connectivity index (χ3n) is 2.64. The molecule has 0 aliphatic rings. The first kappa shape index (κ1) is 12.9. The van der Waals surface area contributed by atoms with E-state index in [9.17, 15) is 0 Å². The third kappa shape index (κ3) is 2.22. The van der Waals surface area contributed by atoms with E-state index in [4.69, 9.17) is 28.9 Å². The molecule has 2 rings (SSSR count). The molecular weight excluding hydrogens is 277 g/mol. The maximum atomic E-state index is 6.23. The number of halogens is 2. The van der Waals surface area contributed by atoms with Gasteiger partial charge in [0.2, 0.25) is 0 Å². The van der Waals surface area contributed by atoms with Crippen molar-refractivity contribution in [1.82, 2.24) is 9.78 Å². The van der Waals surface area contributed by atoms with Crippen LogP contribution in [0.1, 0.15) is 29.1 Å². The zero-order valence-corrected chi connectivity index (χ0v) is 11.9. The lowest BCUT2D eigenvalue weighted by Crippen LogP contribution is -2.17. The molecule has 0 saturated carbocycles. The summed E-state index contributed by atoms with van der Waals surface area (Å²) in [5, 5.41) is 7.49. The lowest BCUT2D eigenvalue weighted by molar-refractivity contribution is 0.603. The molecule has 0 bridgehead atoms. The number of aromatic nitrogens is 2. The first-order valence-electron chi connectivity index (χ1n) is 5.26. The number of nitrogens with zero attached hydrogens (tertiary/aromatic N) is 2. The van der Waals surface area contributed by atoms with E-state index in [1.165, 1.54) is 0 Å². The average Bonchev–Trinajstić information content (AvgIpc) is 2.83. The van der Waals surface area contributed by atoms with Gasteiger partial charge in [-0.25, -0.2) is 0 Å². The van der Waals surface area contributed by atoms with Gasteiger partial charge >= 0.3 is 0 Å². The Morgan fingerprint density at radius 2 is 2.24 bits per heavy atom. The summed E-state index contributed by atoms with van der Waals surface area (Å²) in [5.74, 6) is 0. The van der Waals surface area contributed by atoms with E-state index in [0.717, 1.165) is 27.7 Å². The summed E-state index contributed by atoms with van der Waals surface area (Å²) >= 11 is 13.9. The van der Waals surface area contributed by atoms with Gasteiger partial charge in [-0.05, 0) is 24.8 Å². The van der Waals surface area contributed by atoms with Crippen LogP contribution in [0.2, 0.25) is 10.0 Å².